The second kappa shape index (κ2) is 6.48. The molecule has 0 aromatic heterocycles. The molecular weight excluding hydrogens is 220 g/mol. The van der Waals surface area contributed by atoms with E-state index in [2.05, 4.69) is 0 Å². The van der Waals surface area contributed by atoms with Crippen LogP contribution in [-0.4, -0.2) is 18.0 Å². The minimum absolute atomic E-state index is 0.211. The highest BCUT2D eigenvalue weighted by molar-refractivity contribution is 5.92. The predicted molar refractivity (Wildman–Crippen MR) is 62.4 cm³/mol. The monoisotopic (exact) mass is 234 g/mol. The first-order valence-electron chi connectivity index (χ1n) is 5.23. The third kappa shape index (κ3) is 5.51. The van der Waals surface area contributed by atoms with Crippen LogP contribution in [0.2, 0.25) is 0 Å². The van der Waals surface area contributed by atoms with Gasteiger partial charge in [-0.3, -0.25) is 0 Å². The zero-order valence-corrected chi connectivity index (χ0v) is 9.75. The average Bonchev–Trinajstić information content (AvgIpc) is 2.27. The van der Waals surface area contributed by atoms with Crippen molar-refractivity contribution < 1.29 is 19.1 Å². The van der Waals surface area contributed by atoms with Gasteiger partial charge >= 0.3 is 11.9 Å². The number of rotatable bonds is 4. The highest BCUT2D eigenvalue weighted by Gasteiger charge is 2.03. The van der Waals surface area contributed by atoms with Crippen molar-refractivity contribution in [1.82, 2.24) is 0 Å². The maximum atomic E-state index is 11.3. The van der Waals surface area contributed by atoms with Gasteiger partial charge in [0.2, 0.25) is 0 Å². The van der Waals surface area contributed by atoms with Crippen molar-refractivity contribution in [2.45, 2.75) is 20.0 Å². The molecule has 0 bridgehead atoms. The van der Waals surface area contributed by atoms with E-state index in [9.17, 15) is 9.59 Å². The van der Waals surface area contributed by atoms with E-state index in [0.717, 1.165) is 12.2 Å². The number of hydrogen-bond donors (Lipinski definition) is 0. The predicted octanol–water partition coefficient (Wildman–Crippen LogP) is 2.10. The number of hydrogen-bond acceptors (Lipinski definition) is 4. The lowest BCUT2D eigenvalue weighted by Gasteiger charge is -2.03. The molecule has 90 valence electrons. The molecule has 0 saturated heterocycles. The molecule has 0 spiro atoms. The summed E-state index contributed by atoms with van der Waals surface area (Å²) in [5, 5.41) is 0. The van der Waals surface area contributed by atoms with Gasteiger partial charge in [-0.25, -0.2) is 9.59 Å². The van der Waals surface area contributed by atoms with E-state index in [1.54, 1.807) is 38.1 Å². The van der Waals surface area contributed by atoms with E-state index in [1.807, 2.05) is 6.07 Å². The quantitative estimate of drug-likeness (QED) is 0.455. The number of carbonyl (C=O) groups is 2. The summed E-state index contributed by atoms with van der Waals surface area (Å²) in [6, 6.07) is 8.61. The number of carbonyl (C=O) groups excluding carboxylic acids is 2. The van der Waals surface area contributed by atoms with Crippen LogP contribution in [0.1, 0.15) is 13.8 Å². The van der Waals surface area contributed by atoms with Crippen LogP contribution in [0.15, 0.2) is 42.5 Å². The maximum absolute atomic E-state index is 11.3. The molecule has 0 saturated carbocycles. The van der Waals surface area contributed by atoms with Crippen molar-refractivity contribution >= 4 is 11.9 Å². The van der Waals surface area contributed by atoms with Crippen LogP contribution >= 0.6 is 0 Å². The molecule has 0 N–H and O–H groups in total. The second-order valence-corrected chi connectivity index (χ2v) is 3.55. The van der Waals surface area contributed by atoms with Crippen LogP contribution in [0.5, 0.6) is 5.75 Å². The van der Waals surface area contributed by atoms with E-state index in [1.165, 1.54) is 0 Å². The zero-order valence-electron chi connectivity index (χ0n) is 9.75. The SMILES string of the molecule is CC(C)OC(=O)C=CC(=O)Oc1ccccc1. The fourth-order valence-electron chi connectivity index (χ4n) is 1.05. The van der Waals surface area contributed by atoms with Gasteiger partial charge in [-0.2, -0.15) is 0 Å². The van der Waals surface area contributed by atoms with E-state index < -0.39 is 11.9 Å². The molecule has 1 aromatic carbocycles. The summed E-state index contributed by atoms with van der Waals surface area (Å²) in [7, 11) is 0. The van der Waals surface area contributed by atoms with Crippen molar-refractivity contribution in [2.24, 2.45) is 0 Å². The molecule has 0 radical (unpaired) electrons. The zero-order chi connectivity index (χ0) is 12.7. The molecule has 4 heteroatoms. The summed E-state index contributed by atoms with van der Waals surface area (Å²) < 4.78 is 9.75. The Morgan fingerprint density at radius 1 is 1.06 bits per heavy atom. The Morgan fingerprint density at radius 2 is 1.65 bits per heavy atom. The fraction of sp³-hybridized carbons (Fsp3) is 0.231. The summed E-state index contributed by atoms with van der Waals surface area (Å²) in [6.45, 7) is 3.46. The van der Waals surface area contributed by atoms with Crippen LogP contribution in [0.4, 0.5) is 0 Å². The standard InChI is InChI=1S/C13H14O4/c1-10(2)16-12(14)8-9-13(15)17-11-6-4-3-5-7-11/h3-10H,1-2H3. The number of para-hydroxylation sites is 1. The molecule has 0 aliphatic carbocycles. The van der Waals surface area contributed by atoms with Crippen molar-refractivity contribution in [2.75, 3.05) is 0 Å². The summed E-state index contributed by atoms with van der Waals surface area (Å²) in [6.07, 6.45) is 1.88. The fourth-order valence-corrected chi connectivity index (χ4v) is 1.05. The molecule has 17 heavy (non-hydrogen) atoms. The molecule has 0 aliphatic rings. The topological polar surface area (TPSA) is 52.6 Å². The van der Waals surface area contributed by atoms with Crippen LogP contribution in [-0.2, 0) is 14.3 Å². The molecule has 1 rings (SSSR count). The molecule has 0 amide bonds. The number of benzene rings is 1. The number of ether oxygens (including phenoxy) is 2. The number of esters is 2. The Morgan fingerprint density at radius 3 is 2.24 bits per heavy atom. The van der Waals surface area contributed by atoms with E-state index in [0.29, 0.717) is 5.75 Å². The Labute approximate surface area is 99.8 Å². The minimum atomic E-state index is -0.614. The first-order valence-corrected chi connectivity index (χ1v) is 5.23. The summed E-state index contributed by atoms with van der Waals surface area (Å²) >= 11 is 0. The Bertz CT molecular complexity index is 407. The van der Waals surface area contributed by atoms with Gasteiger partial charge in [-0.15, -0.1) is 0 Å². The minimum Gasteiger partial charge on any atom is -0.460 e. The normalized spacial score (nSPS) is 10.5. The summed E-state index contributed by atoms with van der Waals surface area (Å²) in [5.74, 6) is -0.749. The smallest absolute Gasteiger partial charge is 0.336 e. The summed E-state index contributed by atoms with van der Waals surface area (Å²) in [4.78, 5) is 22.4. The van der Waals surface area contributed by atoms with Gasteiger partial charge in [0.1, 0.15) is 5.75 Å². The van der Waals surface area contributed by atoms with Crippen molar-refractivity contribution in [3.8, 4) is 5.75 Å². The van der Waals surface area contributed by atoms with Gasteiger partial charge in [0.25, 0.3) is 0 Å². The second-order valence-electron chi connectivity index (χ2n) is 3.55. The molecule has 1 aromatic rings. The first-order chi connectivity index (χ1) is 8.08. The molecule has 0 aliphatic heterocycles. The maximum Gasteiger partial charge on any atom is 0.336 e. The van der Waals surface area contributed by atoms with Gasteiger partial charge < -0.3 is 9.47 Å². The van der Waals surface area contributed by atoms with Crippen LogP contribution in [0, 0.1) is 0 Å². The lowest BCUT2D eigenvalue weighted by Crippen LogP contribution is -2.10. The van der Waals surface area contributed by atoms with Crippen LogP contribution in [0.3, 0.4) is 0 Å². The Hall–Kier alpha value is -2.10. The van der Waals surface area contributed by atoms with Gasteiger partial charge in [0.15, 0.2) is 0 Å². The highest BCUT2D eigenvalue weighted by Crippen LogP contribution is 2.08. The van der Waals surface area contributed by atoms with Gasteiger partial charge in [-0.1, -0.05) is 18.2 Å². The van der Waals surface area contributed by atoms with Crippen molar-refractivity contribution in [3.63, 3.8) is 0 Å². The third-order valence-corrected chi connectivity index (χ3v) is 1.67. The van der Waals surface area contributed by atoms with E-state index >= 15 is 0 Å². The molecule has 0 fully saturated rings. The third-order valence-electron chi connectivity index (χ3n) is 1.67. The molecule has 4 nitrogen and oxygen atoms in total. The van der Waals surface area contributed by atoms with Gasteiger partial charge in [0.05, 0.1) is 6.10 Å². The highest BCUT2D eigenvalue weighted by atomic mass is 16.5. The lowest BCUT2D eigenvalue weighted by molar-refractivity contribution is -0.141. The van der Waals surface area contributed by atoms with Crippen LogP contribution in [0.25, 0.3) is 0 Å². The van der Waals surface area contributed by atoms with Crippen molar-refractivity contribution in [3.05, 3.63) is 42.5 Å². The van der Waals surface area contributed by atoms with Crippen molar-refractivity contribution in [1.29, 1.82) is 0 Å². The van der Waals surface area contributed by atoms with E-state index in [4.69, 9.17) is 9.47 Å². The summed E-state index contributed by atoms with van der Waals surface area (Å²) in [5.41, 5.74) is 0. The lowest BCUT2D eigenvalue weighted by atomic mass is 10.3. The molecular formula is C13H14O4. The van der Waals surface area contributed by atoms with Gasteiger partial charge in [0, 0.05) is 12.2 Å². The average molecular weight is 234 g/mol. The Kier molecular flexibility index (Phi) is 4.94. The van der Waals surface area contributed by atoms with Crippen LogP contribution < -0.4 is 4.74 Å². The Balaban J connectivity index is 2.45. The first kappa shape index (κ1) is 13.0. The van der Waals surface area contributed by atoms with E-state index in [-0.39, 0.29) is 6.10 Å². The molecule has 0 heterocycles. The van der Waals surface area contributed by atoms with Gasteiger partial charge in [-0.05, 0) is 26.0 Å². The molecule has 0 atom stereocenters. The molecule has 0 unspecified atom stereocenters. The largest absolute Gasteiger partial charge is 0.460 e.